The highest BCUT2D eigenvalue weighted by molar-refractivity contribution is 5.79. The fourth-order valence-electron chi connectivity index (χ4n) is 6.99. The van der Waals surface area contributed by atoms with Gasteiger partial charge in [0.25, 0.3) is 0 Å². The molecule has 10 heteroatoms. The van der Waals surface area contributed by atoms with Crippen LogP contribution < -0.4 is 16.2 Å². The molecule has 4 unspecified atom stereocenters. The summed E-state index contributed by atoms with van der Waals surface area (Å²) in [4.78, 5) is 22.2. The Labute approximate surface area is 220 Å². The standard InChI is InChI=1S/C28H34N8O2/c37-27(32-20-3-1-9-28(38,14-20)17-36-24-4-2-10-29-23(24)15-31-36)18-5-7-22-21(13-18)26(34-33-22)19-6-8-25-30-11-12-35(25)16-19/h2,4,6,8,10-12,15-16,18,20-22,26,33-34,38H,1,3,5,7,9,13-14,17H2,(H,32,37)/t18?,20-,21?,22?,26?,28+/m1/s1. The number of hydrogen-bond acceptors (Lipinski definition) is 7. The van der Waals surface area contributed by atoms with Crippen molar-refractivity contribution in [3.63, 3.8) is 0 Å². The van der Waals surface area contributed by atoms with Gasteiger partial charge in [-0.2, -0.15) is 5.10 Å². The van der Waals surface area contributed by atoms with Gasteiger partial charge in [0, 0.05) is 42.8 Å². The summed E-state index contributed by atoms with van der Waals surface area (Å²) in [5.74, 6) is 0.446. The Morgan fingerprint density at radius 2 is 2.11 bits per heavy atom. The summed E-state index contributed by atoms with van der Waals surface area (Å²) in [7, 11) is 0. The lowest BCUT2D eigenvalue weighted by Crippen LogP contribution is -2.50. The Hall–Kier alpha value is -3.34. The van der Waals surface area contributed by atoms with Crippen LogP contribution in [0.1, 0.15) is 56.6 Å². The molecule has 0 aromatic carbocycles. The smallest absolute Gasteiger partial charge is 0.223 e. The van der Waals surface area contributed by atoms with Crippen molar-refractivity contribution in [1.29, 1.82) is 0 Å². The molecule has 6 atom stereocenters. The first-order valence-corrected chi connectivity index (χ1v) is 13.8. The predicted molar refractivity (Wildman–Crippen MR) is 142 cm³/mol. The Kier molecular flexibility index (Phi) is 5.90. The highest BCUT2D eigenvalue weighted by Gasteiger charge is 2.44. The highest BCUT2D eigenvalue weighted by atomic mass is 16.3. The summed E-state index contributed by atoms with van der Waals surface area (Å²) in [5.41, 5.74) is 9.96. The molecule has 0 spiro atoms. The normalized spacial score (nSPS) is 31.4. The average Bonchev–Trinajstić information content (AvgIpc) is 3.66. The number of aromatic nitrogens is 5. The van der Waals surface area contributed by atoms with Gasteiger partial charge in [0.1, 0.15) is 11.2 Å². The zero-order chi connectivity index (χ0) is 25.7. The molecule has 4 N–H and O–H groups in total. The number of hydrogen-bond donors (Lipinski definition) is 4. The number of carbonyl (C=O) groups excluding carboxylic acids is 1. The van der Waals surface area contributed by atoms with Crippen molar-refractivity contribution in [2.45, 2.75) is 75.2 Å². The zero-order valence-electron chi connectivity index (χ0n) is 21.3. The zero-order valence-corrected chi connectivity index (χ0v) is 21.3. The molecule has 198 valence electrons. The molecule has 4 aromatic rings. The van der Waals surface area contributed by atoms with Gasteiger partial charge in [0.05, 0.1) is 29.9 Å². The summed E-state index contributed by atoms with van der Waals surface area (Å²) < 4.78 is 3.89. The fourth-order valence-corrected chi connectivity index (χ4v) is 6.99. The molecule has 3 fully saturated rings. The Morgan fingerprint density at radius 1 is 1.16 bits per heavy atom. The molecule has 4 aromatic heterocycles. The Balaban J connectivity index is 1.01. The van der Waals surface area contributed by atoms with Crippen LogP contribution in [0.3, 0.4) is 0 Å². The molecule has 0 bridgehead atoms. The van der Waals surface area contributed by atoms with Crippen LogP contribution in [0.15, 0.2) is 55.2 Å². The summed E-state index contributed by atoms with van der Waals surface area (Å²) in [6.45, 7) is 0.405. The quantitative estimate of drug-likeness (QED) is 0.323. The van der Waals surface area contributed by atoms with Crippen molar-refractivity contribution in [2.75, 3.05) is 0 Å². The van der Waals surface area contributed by atoms with Gasteiger partial charge >= 0.3 is 0 Å². The molecule has 1 saturated heterocycles. The average molecular weight is 515 g/mol. The first kappa shape index (κ1) is 23.8. The van der Waals surface area contributed by atoms with Gasteiger partial charge in [0.15, 0.2) is 0 Å². The number of aliphatic hydroxyl groups is 1. The van der Waals surface area contributed by atoms with Crippen LogP contribution in [0, 0.1) is 11.8 Å². The second-order valence-electron chi connectivity index (χ2n) is 11.4. The Morgan fingerprint density at radius 3 is 3.05 bits per heavy atom. The molecule has 0 radical (unpaired) electrons. The molecule has 2 saturated carbocycles. The van der Waals surface area contributed by atoms with Crippen LogP contribution in [0.5, 0.6) is 0 Å². The first-order valence-electron chi connectivity index (χ1n) is 13.8. The van der Waals surface area contributed by atoms with E-state index in [0.29, 0.717) is 31.3 Å². The van der Waals surface area contributed by atoms with Crippen LogP contribution in [-0.2, 0) is 11.3 Å². The lowest BCUT2D eigenvalue weighted by Gasteiger charge is -2.38. The van der Waals surface area contributed by atoms with Crippen LogP contribution in [-0.4, -0.2) is 52.8 Å². The third-order valence-corrected chi connectivity index (χ3v) is 8.92. The van der Waals surface area contributed by atoms with Crippen molar-refractivity contribution in [3.05, 3.63) is 60.8 Å². The maximum absolute atomic E-state index is 13.5. The Bertz CT molecular complexity index is 1470. The van der Waals surface area contributed by atoms with Crippen LogP contribution in [0.25, 0.3) is 16.7 Å². The van der Waals surface area contributed by atoms with Gasteiger partial charge in [-0.05, 0) is 74.6 Å². The van der Waals surface area contributed by atoms with Crippen LogP contribution in [0.2, 0.25) is 0 Å². The van der Waals surface area contributed by atoms with Crippen molar-refractivity contribution >= 4 is 22.6 Å². The number of rotatable bonds is 5. The van der Waals surface area contributed by atoms with E-state index in [9.17, 15) is 9.90 Å². The second-order valence-corrected chi connectivity index (χ2v) is 11.4. The minimum absolute atomic E-state index is 0.0198. The maximum atomic E-state index is 13.5. The van der Waals surface area contributed by atoms with E-state index in [2.05, 4.69) is 43.5 Å². The molecule has 1 aliphatic heterocycles. The molecule has 38 heavy (non-hydrogen) atoms. The molecular weight excluding hydrogens is 480 g/mol. The van der Waals surface area contributed by atoms with Crippen LogP contribution >= 0.6 is 0 Å². The van der Waals surface area contributed by atoms with E-state index in [1.807, 2.05) is 39.7 Å². The molecule has 7 rings (SSSR count). The van der Waals surface area contributed by atoms with Gasteiger partial charge in [0.2, 0.25) is 5.91 Å². The third kappa shape index (κ3) is 4.36. The summed E-state index contributed by atoms with van der Waals surface area (Å²) in [5, 5.41) is 19.3. The summed E-state index contributed by atoms with van der Waals surface area (Å²) in [6.07, 6.45) is 15.1. The number of amides is 1. The minimum atomic E-state index is -0.904. The maximum Gasteiger partial charge on any atom is 0.223 e. The highest BCUT2D eigenvalue weighted by Crippen LogP contribution is 2.41. The molecule has 1 amide bonds. The van der Waals surface area contributed by atoms with E-state index in [1.54, 1.807) is 12.4 Å². The molecule has 3 aliphatic rings. The number of imidazole rings is 1. The topological polar surface area (TPSA) is 121 Å². The number of fused-ring (bicyclic) bond motifs is 3. The predicted octanol–water partition coefficient (Wildman–Crippen LogP) is 2.50. The second kappa shape index (κ2) is 9.44. The van der Waals surface area contributed by atoms with Gasteiger partial charge in [-0.25, -0.2) is 10.4 Å². The van der Waals surface area contributed by atoms with E-state index in [1.165, 1.54) is 5.56 Å². The number of carbonyl (C=O) groups is 1. The molecule has 2 aliphatic carbocycles. The van der Waals surface area contributed by atoms with Crippen molar-refractivity contribution in [2.24, 2.45) is 11.8 Å². The number of nitrogens with zero attached hydrogens (tertiary/aromatic N) is 5. The first-order chi connectivity index (χ1) is 18.5. The van der Waals surface area contributed by atoms with E-state index in [4.69, 9.17) is 0 Å². The summed E-state index contributed by atoms with van der Waals surface area (Å²) in [6, 6.07) is 8.53. The fraction of sp³-hybridized carbons (Fsp3) is 0.500. The van der Waals surface area contributed by atoms with E-state index < -0.39 is 5.60 Å². The van der Waals surface area contributed by atoms with E-state index in [0.717, 1.165) is 48.8 Å². The van der Waals surface area contributed by atoms with E-state index in [-0.39, 0.29) is 23.9 Å². The van der Waals surface area contributed by atoms with Crippen LogP contribution in [0.4, 0.5) is 0 Å². The van der Waals surface area contributed by atoms with Gasteiger partial charge in [-0.3, -0.25) is 19.9 Å². The van der Waals surface area contributed by atoms with Crippen molar-refractivity contribution in [3.8, 4) is 0 Å². The third-order valence-electron chi connectivity index (χ3n) is 8.92. The van der Waals surface area contributed by atoms with Crippen molar-refractivity contribution < 1.29 is 9.90 Å². The number of hydrazine groups is 1. The van der Waals surface area contributed by atoms with Crippen molar-refractivity contribution in [1.82, 2.24) is 40.3 Å². The summed E-state index contributed by atoms with van der Waals surface area (Å²) >= 11 is 0. The lowest BCUT2D eigenvalue weighted by molar-refractivity contribution is -0.128. The van der Waals surface area contributed by atoms with Gasteiger partial charge in [-0.15, -0.1) is 0 Å². The SMILES string of the molecule is O=C(N[C@@H]1CCC[C@@](O)(Cn2ncc3ncccc32)C1)C1CCC2NNC(c3ccc4nccn4c3)C2C1. The van der Waals surface area contributed by atoms with E-state index >= 15 is 0 Å². The number of nitrogens with one attached hydrogen (secondary N) is 3. The lowest BCUT2D eigenvalue weighted by atomic mass is 9.74. The molecule has 5 heterocycles. The monoisotopic (exact) mass is 514 g/mol. The molecular formula is C28H34N8O2. The largest absolute Gasteiger partial charge is 0.388 e. The minimum Gasteiger partial charge on any atom is -0.388 e. The molecule has 10 nitrogen and oxygen atoms in total. The number of pyridine rings is 2. The van der Waals surface area contributed by atoms with Gasteiger partial charge in [-0.1, -0.05) is 6.07 Å². The van der Waals surface area contributed by atoms with Gasteiger partial charge < -0.3 is 14.8 Å².